The highest BCUT2D eigenvalue weighted by Crippen LogP contribution is 2.23. The van der Waals surface area contributed by atoms with E-state index in [0.717, 1.165) is 11.4 Å². The molecule has 76 valence electrons. The molecule has 2 heteroatoms. The summed E-state index contributed by atoms with van der Waals surface area (Å²) in [5.74, 6) is 0. The summed E-state index contributed by atoms with van der Waals surface area (Å²) in [6, 6.07) is 0. The van der Waals surface area contributed by atoms with Crippen LogP contribution in [0.4, 0.5) is 0 Å². The van der Waals surface area contributed by atoms with E-state index in [2.05, 4.69) is 24.0 Å². The number of rotatable bonds is 0. The van der Waals surface area contributed by atoms with Crippen molar-refractivity contribution in [1.82, 2.24) is 10.2 Å². The summed E-state index contributed by atoms with van der Waals surface area (Å²) in [5.41, 5.74) is 5.26. The third-order valence-electron chi connectivity index (χ3n) is 3.19. The van der Waals surface area contributed by atoms with Crippen molar-refractivity contribution in [3.63, 3.8) is 0 Å². The van der Waals surface area contributed by atoms with Gasteiger partial charge in [0.25, 0.3) is 0 Å². The fourth-order valence-electron chi connectivity index (χ4n) is 2.33. The quantitative estimate of drug-likeness (QED) is 0.628. The molecule has 1 aliphatic carbocycles. The van der Waals surface area contributed by atoms with Crippen LogP contribution in [0.5, 0.6) is 0 Å². The first-order valence-corrected chi connectivity index (χ1v) is 5.60. The van der Waals surface area contributed by atoms with Crippen LogP contribution in [0.3, 0.4) is 0 Å². The molecule has 0 aromatic carbocycles. The maximum atomic E-state index is 4.21. The summed E-state index contributed by atoms with van der Waals surface area (Å²) in [7, 11) is 0. The van der Waals surface area contributed by atoms with Crippen LogP contribution in [-0.4, -0.2) is 10.2 Å². The van der Waals surface area contributed by atoms with Gasteiger partial charge < -0.3 is 0 Å². The highest BCUT2D eigenvalue weighted by molar-refractivity contribution is 5.32. The Labute approximate surface area is 85.8 Å². The Kier molecular flexibility index (Phi) is 2.80. The van der Waals surface area contributed by atoms with Gasteiger partial charge in [-0.3, -0.25) is 0 Å². The van der Waals surface area contributed by atoms with Crippen molar-refractivity contribution in [2.24, 2.45) is 0 Å². The standard InChI is InChI=1S/C12H18N2/c1-9-11-7-5-3-4-6-8-12(11)10(2)14-13-9/h3-8H2,1-2H3. The molecule has 2 nitrogen and oxygen atoms in total. The van der Waals surface area contributed by atoms with Gasteiger partial charge in [-0.1, -0.05) is 12.8 Å². The minimum Gasteiger partial charge on any atom is -0.155 e. The fourth-order valence-corrected chi connectivity index (χ4v) is 2.33. The van der Waals surface area contributed by atoms with Crippen molar-refractivity contribution in [2.45, 2.75) is 52.4 Å². The van der Waals surface area contributed by atoms with E-state index >= 15 is 0 Å². The molecular weight excluding hydrogens is 172 g/mol. The van der Waals surface area contributed by atoms with Crippen molar-refractivity contribution in [3.8, 4) is 0 Å². The number of aromatic nitrogens is 2. The Hall–Kier alpha value is -0.920. The van der Waals surface area contributed by atoms with Crippen LogP contribution in [0, 0.1) is 13.8 Å². The monoisotopic (exact) mass is 190 g/mol. The summed E-state index contributed by atoms with van der Waals surface area (Å²) in [4.78, 5) is 0. The smallest absolute Gasteiger partial charge is 0.0635 e. The van der Waals surface area contributed by atoms with Crippen molar-refractivity contribution >= 4 is 0 Å². The third kappa shape index (κ3) is 1.79. The maximum absolute atomic E-state index is 4.21. The Balaban J connectivity index is 2.42. The Bertz CT molecular complexity index is 298. The molecule has 0 saturated carbocycles. The van der Waals surface area contributed by atoms with Crippen molar-refractivity contribution in [2.75, 3.05) is 0 Å². The Morgan fingerprint density at radius 2 is 1.14 bits per heavy atom. The fraction of sp³-hybridized carbons (Fsp3) is 0.667. The minimum atomic E-state index is 1.15. The number of aryl methyl sites for hydroxylation is 2. The molecule has 0 spiro atoms. The summed E-state index contributed by atoms with van der Waals surface area (Å²) in [6.45, 7) is 4.18. The lowest BCUT2D eigenvalue weighted by molar-refractivity contribution is 0.606. The first-order valence-electron chi connectivity index (χ1n) is 5.60. The van der Waals surface area contributed by atoms with E-state index < -0.39 is 0 Å². The molecule has 14 heavy (non-hydrogen) atoms. The summed E-state index contributed by atoms with van der Waals surface area (Å²) < 4.78 is 0. The minimum absolute atomic E-state index is 1.15. The van der Waals surface area contributed by atoms with Gasteiger partial charge in [0.05, 0.1) is 11.4 Å². The highest BCUT2D eigenvalue weighted by Gasteiger charge is 2.12. The van der Waals surface area contributed by atoms with Gasteiger partial charge >= 0.3 is 0 Å². The number of hydrogen-bond acceptors (Lipinski definition) is 2. The summed E-state index contributed by atoms with van der Waals surface area (Å²) in [5, 5.41) is 8.43. The second-order valence-corrected chi connectivity index (χ2v) is 4.24. The van der Waals surface area contributed by atoms with E-state index in [9.17, 15) is 0 Å². The molecule has 0 saturated heterocycles. The Morgan fingerprint density at radius 3 is 1.57 bits per heavy atom. The third-order valence-corrected chi connectivity index (χ3v) is 3.19. The largest absolute Gasteiger partial charge is 0.155 e. The van der Waals surface area contributed by atoms with E-state index in [1.807, 2.05) is 0 Å². The molecule has 0 radical (unpaired) electrons. The Morgan fingerprint density at radius 1 is 0.714 bits per heavy atom. The predicted molar refractivity (Wildman–Crippen MR) is 57.4 cm³/mol. The molecule has 0 amide bonds. The van der Waals surface area contributed by atoms with Crippen molar-refractivity contribution in [3.05, 3.63) is 22.5 Å². The first-order chi connectivity index (χ1) is 6.79. The van der Waals surface area contributed by atoms with Crippen LogP contribution in [0.15, 0.2) is 0 Å². The van der Waals surface area contributed by atoms with Crippen LogP contribution in [-0.2, 0) is 12.8 Å². The van der Waals surface area contributed by atoms with Gasteiger partial charge in [-0.2, -0.15) is 10.2 Å². The first kappa shape index (κ1) is 9.63. The molecule has 0 aliphatic heterocycles. The molecule has 1 heterocycles. The molecule has 2 rings (SSSR count). The number of nitrogens with zero attached hydrogens (tertiary/aromatic N) is 2. The van der Waals surface area contributed by atoms with Gasteiger partial charge in [0, 0.05) is 0 Å². The van der Waals surface area contributed by atoms with E-state index in [4.69, 9.17) is 0 Å². The van der Waals surface area contributed by atoms with Gasteiger partial charge in [0.1, 0.15) is 0 Å². The molecule has 0 fully saturated rings. The molecular formula is C12H18N2. The van der Waals surface area contributed by atoms with E-state index in [0.29, 0.717) is 0 Å². The predicted octanol–water partition coefficient (Wildman–Crippen LogP) is 2.75. The zero-order chi connectivity index (χ0) is 9.97. The van der Waals surface area contributed by atoms with Gasteiger partial charge in [-0.05, 0) is 50.7 Å². The SMILES string of the molecule is Cc1nnc(C)c2c1CCCCCC2. The molecule has 0 bridgehead atoms. The molecule has 1 aromatic rings. The average molecular weight is 190 g/mol. The molecule has 1 aromatic heterocycles. The lowest BCUT2D eigenvalue weighted by Gasteiger charge is -2.16. The summed E-state index contributed by atoms with van der Waals surface area (Å²) in [6.07, 6.45) is 7.80. The van der Waals surface area contributed by atoms with Crippen molar-refractivity contribution < 1.29 is 0 Å². The second-order valence-electron chi connectivity index (χ2n) is 4.24. The lowest BCUT2D eigenvalue weighted by atomic mass is 9.92. The van der Waals surface area contributed by atoms with Gasteiger partial charge in [0.2, 0.25) is 0 Å². The van der Waals surface area contributed by atoms with Crippen LogP contribution < -0.4 is 0 Å². The lowest BCUT2D eigenvalue weighted by Crippen LogP contribution is -2.08. The number of fused-ring (bicyclic) bond motifs is 1. The van der Waals surface area contributed by atoms with E-state index in [1.165, 1.54) is 49.7 Å². The maximum Gasteiger partial charge on any atom is 0.0635 e. The van der Waals surface area contributed by atoms with E-state index in [1.54, 1.807) is 0 Å². The van der Waals surface area contributed by atoms with Crippen LogP contribution in [0.2, 0.25) is 0 Å². The molecule has 0 atom stereocenters. The van der Waals surface area contributed by atoms with Gasteiger partial charge in [-0.15, -0.1) is 0 Å². The molecule has 1 aliphatic rings. The second kappa shape index (κ2) is 4.07. The summed E-state index contributed by atoms with van der Waals surface area (Å²) >= 11 is 0. The number of hydrogen-bond donors (Lipinski definition) is 0. The van der Waals surface area contributed by atoms with Crippen molar-refractivity contribution in [1.29, 1.82) is 0 Å². The highest BCUT2D eigenvalue weighted by atomic mass is 15.1. The molecule has 0 unspecified atom stereocenters. The zero-order valence-corrected chi connectivity index (χ0v) is 9.14. The van der Waals surface area contributed by atoms with Gasteiger partial charge in [0.15, 0.2) is 0 Å². The molecule has 0 N–H and O–H groups in total. The van der Waals surface area contributed by atoms with E-state index in [-0.39, 0.29) is 0 Å². The van der Waals surface area contributed by atoms with Crippen LogP contribution >= 0.6 is 0 Å². The topological polar surface area (TPSA) is 25.8 Å². The zero-order valence-electron chi connectivity index (χ0n) is 9.14. The van der Waals surface area contributed by atoms with Gasteiger partial charge in [-0.25, -0.2) is 0 Å². The van der Waals surface area contributed by atoms with Crippen LogP contribution in [0.25, 0.3) is 0 Å². The average Bonchev–Trinajstić information content (AvgIpc) is 2.11. The van der Waals surface area contributed by atoms with Crippen LogP contribution in [0.1, 0.15) is 48.2 Å². The normalized spacial score (nSPS) is 17.0.